The van der Waals surface area contributed by atoms with Gasteiger partial charge < -0.3 is 10.1 Å². The van der Waals surface area contributed by atoms with Gasteiger partial charge in [0.1, 0.15) is 12.4 Å². The molecule has 0 unspecified atom stereocenters. The van der Waals surface area contributed by atoms with E-state index < -0.39 is 0 Å². The summed E-state index contributed by atoms with van der Waals surface area (Å²) in [6, 6.07) is 9.95. The largest absolute Gasteiger partial charge is 0.492 e. The Balaban J connectivity index is 2.13. The van der Waals surface area contributed by atoms with Crippen LogP contribution in [0.2, 0.25) is 0 Å². The molecule has 17 heavy (non-hydrogen) atoms. The molecule has 0 saturated carbocycles. The maximum absolute atomic E-state index is 5.62. The van der Waals surface area contributed by atoms with Crippen LogP contribution in [0.5, 0.6) is 5.75 Å². The molecule has 0 atom stereocenters. The third-order valence-electron chi connectivity index (χ3n) is 3.43. The molecule has 1 rings (SSSR count). The average molecular weight is 235 g/mol. The zero-order valence-electron chi connectivity index (χ0n) is 11.5. The molecule has 0 aliphatic carbocycles. The molecule has 0 radical (unpaired) electrons. The quantitative estimate of drug-likeness (QED) is 0.732. The summed E-state index contributed by atoms with van der Waals surface area (Å²) in [4.78, 5) is 0. The van der Waals surface area contributed by atoms with Gasteiger partial charge in [0, 0.05) is 13.1 Å². The van der Waals surface area contributed by atoms with E-state index in [1.165, 1.54) is 0 Å². The van der Waals surface area contributed by atoms with E-state index in [-0.39, 0.29) is 0 Å². The van der Waals surface area contributed by atoms with Crippen LogP contribution in [-0.4, -0.2) is 19.7 Å². The lowest BCUT2D eigenvalue weighted by Crippen LogP contribution is -2.35. The Bertz CT molecular complexity index is 306. The van der Waals surface area contributed by atoms with Crippen molar-refractivity contribution in [2.24, 2.45) is 11.3 Å². The number of rotatable bonds is 7. The monoisotopic (exact) mass is 235 g/mol. The lowest BCUT2D eigenvalue weighted by atomic mass is 9.81. The summed E-state index contributed by atoms with van der Waals surface area (Å²) in [5, 5.41) is 3.45. The van der Waals surface area contributed by atoms with Gasteiger partial charge in [0.2, 0.25) is 0 Å². The van der Waals surface area contributed by atoms with E-state index >= 15 is 0 Å². The Morgan fingerprint density at radius 1 is 1.18 bits per heavy atom. The first-order chi connectivity index (χ1) is 8.02. The van der Waals surface area contributed by atoms with Crippen LogP contribution in [0.25, 0.3) is 0 Å². The van der Waals surface area contributed by atoms with E-state index in [0.717, 1.165) is 25.4 Å². The molecule has 2 nitrogen and oxygen atoms in total. The van der Waals surface area contributed by atoms with E-state index in [9.17, 15) is 0 Å². The SMILES string of the molecule is CC(C)C(C)(C)CNCCOc1ccccc1. The molecule has 1 aromatic rings. The van der Waals surface area contributed by atoms with Crippen LogP contribution in [-0.2, 0) is 0 Å². The van der Waals surface area contributed by atoms with Gasteiger partial charge in [0.05, 0.1) is 0 Å². The Labute approximate surface area is 105 Å². The highest BCUT2D eigenvalue weighted by Crippen LogP contribution is 2.24. The molecule has 2 heteroatoms. The van der Waals surface area contributed by atoms with E-state index in [1.807, 2.05) is 30.3 Å². The fourth-order valence-electron chi connectivity index (χ4n) is 1.37. The first kappa shape index (κ1) is 14.0. The van der Waals surface area contributed by atoms with Gasteiger partial charge in [-0.15, -0.1) is 0 Å². The second-order valence-electron chi connectivity index (χ2n) is 5.48. The second kappa shape index (κ2) is 6.65. The number of hydrogen-bond donors (Lipinski definition) is 1. The smallest absolute Gasteiger partial charge is 0.119 e. The van der Waals surface area contributed by atoms with Gasteiger partial charge in [-0.05, 0) is 23.5 Å². The molecule has 0 saturated heterocycles. The first-order valence-electron chi connectivity index (χ1n) is 6.41. The second-order valence-corrected chi connectivity index (χ2v) is 5.48. The Morgan fingerprint density at radius 3 is 2.41 bits per heavy atom. The fraction of sp³-hybridized carbons (Fsp3) is 0.600. The minimum atomic E-state index is 0.340. The molecule has 0 aliphatic rings. The number of ether oxygens (including phenoxy) is 1. The maximum Gasteiger partial charge on any atom is 0.119 e. The topological polar surface area (TPSA) is 21.3 Å². The standard InChI is InChI=1S/C15H25NO/c1-13(2)15(3,4)12-16-10-11-17-14-8-6-5-7-9-14/h5-9,13,16H,10-12H2,1-4H3. The summed E-state index contributed by atoms with van der Waals surface area (Å²) in [5.41, 5.74) is 0.340. The summed E-state index contributed by atoms with van der Waals surface area (Å²) in [6.07, 6.45) is 0. The van der Waals surface area contributed by atoms with Gasteiger partial charge in [-0.2, -0.15) is 0 Å². The summed E-state index contributed by atoms with van der Waals surface area (Å²) in [6.45, 7) is 11.8. The third-order valence-corrected chi connectivity index (χ3v) is 3.43. The molecule has 0 spiro atoms. The molecule has 0 heterocycles. The Morgan fingerprint density at radius 2 is 1.82 bits per heavy atom. The van der Waals surface area contributed by atoms with Crippen molar-refractivity contribution in [3.05, 3.63) is 30.3 Å². The zero-order chi connectivity index (χ0) is 12.7. The van der Waals surface area contributed by atoms with Gasteiger partial charge in [0.25, 0.3) is 0 Å². The van der Waals surface area contributed by atoms with Crippen molar-refractivity contribution in [1.82, 2.24) is 5.32 Å². The van der Waals surface area contributed by atoms with Crippen molar-refractivity contribution in [2.75, 3.05) is 19.7 Å². The van der Waals surface area contributed by atoms with Crippen LogP contribution < -0.4 is 10.1 Å². The van der Waals surface area contributed by atoms with Crippen molar-refractivity contribution < 1.29 is 4.74 Å². The lowest BCUT2D eigenvalue weighted by Gasteiger charge is -2.29. The van der Waals surface area contributed by atoms with E-state index in [4.69, 9.17) is 4.74 Å². The number of hydrogen-bond acceptors (Lipinski definition) is 2. The van der Waals surface area contributed by atoms with Gasteiger partial charge in [-0.3, -0.25) is 0 Å². The average Bonchev–Trinajstić information content (AvgIpc) is 2.29. The fourth-order valence-corrected chi connectivity index (χ4v) is 1.37. The summed E-state index contributed by atoms with van der Waals surface area (Å²) in [5.74, 6) is 1.63. The van der Waals surface area contributed by atoms with Crippen LogP contribution in [0.15, 0.2) is 30.3 Å². The Hall–Kier alpha value is -1.02. The predicted molar refractivity (Wildman–Crippen MR) is 73.4 cm³/mol. The highest BCUT2D eigenvalue weighted by molar-refractivity contribution is 5.20. The molecule has 0 aromatic heterocycles. The molecular formula is C15H25NO. The van der Waals surface area contributed by atoms with Crippen molar-refractivity contribution in [3.8, 4) is 5.75 Å². The van der Waals surface area contributed by atoms with Crippen molar-refractivity contribution in [2.45, 2.75) is 27.7 Å². The molecule has 0 amide bonds. The summed E-state index contributed by atoms with van der Waals surface area (Å²) < 4.78 is 5.62. The maximum atomic E-state index is 5.62. The van der Waals surface area contributed by atoms with Crippen LogP contribution >= 0.6 is 0 Å². The summed E-state index contributed by atoms with van der Waals surface area (Å²) in [7, 11) is 0. The van der Waals surface area contributed by atoms with Gasteiger partial charge in [-0.25, -0.2) is 0 Å². The Kier molecular flexibility index (Phi) is 5.49. The number of para-hydroxylation sites is 1. The van der Waals surface area contributed by atoms with Gasteiger partial charge in [-0.1, -0.05) is 45.9 Å². The minimum Gasteiger partial charge on any atom is -0.492 e. The van der Waals surface area contributed by atoms with E-state index in [1.54, 1.807) is 0 Å². The van der Waals surface area contributed by atoms with Gasteiger partial charge >= 0.3 is 0 Å². The minimum absolute atomic E-state index is 0.340. The molecule has 1 N–H and O–H groups in total. The highest BCUT2D eigenvalue weighted by atomic mass is 16.5. The van der Waals surface area contributed by atoms with Crippen molar-refractivity contribution in [1.29, 1.82) is 0 Å². The predicted octanol–water partition coefficient (Wildman–Crippen LogP) is 3.34. The van der Waals surface area contributed by atoms with Crippen molar-refractivity contribution >= 4 is 0 Å². The van der Waals surface area contributed by atoms with E-state index in [2.05, 4.69) is 33.0 Å². The van der Waals surface area contributed by atoms with Crippen LogP contribution in [0.1, 0.15) is 27.7 Å². The third kappa shape index (κ3) is 5.22. The zero-order valence-corrected chi connectivity index (χ0v) is 11.5. The normalized spacial score (nSPS) is 11.8. The lowest BCUT2D eigenvalue weighted by molar-refractivity contribution is 0.228. The molecule has 0 bridgehead atoms. The molecule has 0 aliphatic heterocycles. The number of nitrogens with one attached hydrogen (secondary N) is 1. The highest BCUT2D eigenvalue weighted by Gasteiger charge is 2.21. The van der Waals surface area contributed by atoms with Crippen molar-refractivity contribution in [3.63, 3.8) is 0 Å². The molecule has 1 aromatic carbocycles. The van der Waals surface area contributed by atoms with Crippen LogP contribution in [0.3, 0.4) is 0 Å². The van der Waals surface area contributed by atoms with E-state index in [0.29, 0.717) is 11.3 Å². The van der Waals surface area contributed by atoms with Crippen LogP contribution in [0.4, 0.5) is 0 Å². The first-order valence-corrected chi connectivity index (χ1v) is 6.41. The molecule has 0 fully saturated rings. The van der Waals surface area contributed by atoms with Gasteiger partial charge in [0.15, 0.2) is 0 Å². The molecule has 96 valence electrons. The molecular weight excluding hydrogens is 210 g/mol. The summed E-state index contributed by atoms with van der Waals surface area (Å²) >= 11 is 0. The van der Waals surface area contributed by atoms with Crippen LogP contribution in [0, 0.1) is 11.3 Å². The number of benzene rings is 1.